The molecule has 0 aliphatic carbocycles. The van der Waals surface area contributed by atoms with Crippen molar-refractivity contribution in [3.8, 4) is 12.3 Å². The summed E-state index contributed by atoms with van der Waals surface area (Å²) >= 11 is 0. The third-order valence-corrected chi connectivity index (χ3v) is 2.65. The van der Waals surface area contributed by atoms with Gasteiger partial charge in [-0.15, -0.1) is 6.42 Å². The highest BCUT2D eigenvalue weighted by atomic mass is 16.2. The molecule has 1 N–H and O–H groups in total. The van der Waals surface area contributed by atoms with Crippen LogP contribution in [0.1, 0.15) is 26.7 Å². The molecule has 0 saturated carbocycles. The molecule has 1 rings (SSSR count). The number of carbonyl (C=O) groups is 1. The van der Waals surface area contributed by atoms with E-state index in [1.165, 1.54) is 0 Å². The quantitative estimate of drug-likeness (QED) is 0.665. The first-order valence-electron chi connectivity index (χ1n) is 5.24. The third kappa shape index (κ3) is 2.08. The van der Waals surface area contributed by atoms with Crippen LogP contribution in [0.25, 0.3) is 0 Å². The van der Waals surface area contributed by atoms with Crippen LogP contribution in [-0.4, -0.2) is 36.0 Å². The van der Waals surface area contributed by atoms with Crippen LogP contribution in [0.15, 0.2) is 0 Å². The fourth-order valence-corrected chi connectivity index (χ4v) is 1.88. The van der Waals surface area contributed by atoms with Crippen molar-refractivity contribution in [3.63, 3.8) is 0 Å². The lowest BCUT2D eigenvalue weighted by Crippen LogP contribution is -2.42. The van der Waals surface area contributed by atoms with Crippen molar-refractivity contribution in [1.82, 2.24) is 10.2 Å². The van der Waals surface area contributed by atoms with Gasteiger partial charge in [-0.25, -0.2) is 0 Å². The van der Waals surface area contributed by atoms with Gasteiger partial charge in [0.25, 0.3) is 0 Å². The molecule has 0 aromatic rings. The monoisotopic (exact) mass is 194 g/mol. The maximum Gasteiger partial charge on any atom is 0.240 e. The van der Waals surface area contributed by atoms with Crippen molar-refractivity contribution in [2.45, 2.75) is 38.8 Å². The molecule has 2 atom stereocenters. The Bertz CT molecular complexity index is 244. The standard InChI is InChI=1S/C11H18N2O/c1-4-9(5-2)13-8-7-10(11(13)14)12-6-3/h1,9-10,12H,5-8H2,2-3H3. The number of carbonyl (C=O) groups excluding carboxylic acids is 1. The van der Waals surface area contributed by atoms with Crippen molar-refractivity contribution in [2.75, 3.05) is 13.1 Å². The van der Waals surface area contributed by atoms with Gasteiger partial charge in [0.2, 0.25) is 5.91 Å². The Kier molecular flexibility index (Phi) is 3.97. The van der Waals surface area contributed by atoms with Gasteiger partial charge in [0, 0.05) is 6.54 Å². The molecule has 1 fully saturated rings. The van der Waals surface area contributed by atoms with Crippen molar-refractivity contribution < 1.29 is 4.79 Å². The highest BCUT2D eigenvalue weighted by molar-refractivity contribution is 5.84. The number of likely N-dealkylation sites (N-methyl/N-ethyl adjacent to an activating group) is 1. The Morgan fingerprint density at radius 3 is 2.93 bits per heavy atom. The molecule has 0 aromatic carbocycles. The zero-order valence-corrected chi connectivity index (χ0v) is 8.92. The molecule has 1 amide bonds. The van der Waals surface area contributed by atoms with E-state index in [4.69, 9.17) is 6.42 Å². The SMILES string of the molecule is C#CC(CC)N1CCC(NCC)C1=O. The molecule has 78 valence electrons. The van der Waals surface area contributed by atoms with Gasteiger partial charge in [0.05, 0.1) is 12.1 Å². The van der Waals surface area contributed by atoms with E-state index >= 15 is 0 Å². The summed E-state index contributed by atoms with van der Waals surface area (Å²) in [6.45, 7) is 5.64. The van der Waals surface area contributed by atoms with Crippen LogP contribution in [0, 0.1) is 12.3 Å². The highest BCUT2D eigenvalue weighted by Gasteiger charge is 2.33. The van der Waals surface area contributed by atoms with E-state index in [9.17, 15) is 4.79 Å². The lowest BCUT2D eigenvalue weighted by molar-refractivity contribution is -0.130. The van der Waals surface area contributed by atoms with E-state index in [2.05, 4.69) is 11.2 Å². The maximum absolute atomic E-state index is 11.8. The lowest BCUT2D eigenvalue weighted by Gasteiger charge is -2.22. The summed E-state index contributed by atoms with van der Waals surface area (Å²) in [6, 6.07) is -0.0337. The minimum absolute atomic E-state index is 0.0117. The van der Waals surface area contributed by atoms with E-state index in [0.29, 0.717) is 0 Å². The minimum atomic E-state index is -0.0221. The summed E-state index contributed by atoms with van der Waals surface area (Å²) in [7, 11) is 0. The molecule has 0 radical (unpaired) electrons. The van der Waals surface area contributed by atoms with Crippen LogP contribution in [0.3, 0.4) is 0 Å². The number of hydrogen-bond acceptors (Lipinski definition) is 2. The van der Waals surface area contributed by atoms with Crippen molar-refractivity contribution >= 4 is 5.91 Å². The zero-order valence-electron chi connectivity index (χ0n) is 8.92. The number of likely N-dealkylation sites (tertiary alicyclic amines) is 1. The summed E-state index contributed by atoms with van der Waals surface area (Å²) in [5.41, 5.74) is 0. The van der Waals surface area contributed by atoms with Gasteiger partial charge in [0.15, 0.2) is 0 Å². The average Bonchev–Trinajstić information content (AvgIpc) is 2.53. The van der Waals surface area contributed by atoms with Crippen LogP contribution in [0.5, 0.6) is 0 Å². The van der Waals surface area contributed by atoms with Crippen molar-refractivity contribution in [3.05, 3.63) is 0 Å². The Labute approximate surface area is 85.9 Å². The number of nitrogens with one attached hydrogen (secondary N) is 1. The molecular weight excluding hydrogens is 176 g/mol. The van der Waals surface area contributed by atoms with Crippen LogP contribution in [0.2, 0.25) is 0 Å². The second kappa shape index (κ2) is 5.02. The summed E-state index contributed by atoms with van der Waals surface area (Å²) in [5, 5.41) is 3.17. The summed E-state index contributed by atoms with van der Waals surface area (Å²) in [5.74, 6) is 2.83. The van der Waals surface area contributed by atoms with Gasteiger partial charge in [-0.2, -0.15) is 0 Å². The lowest BCUT2D eigenvalue weighted by atomic mass is 10.2. The Morgan fingerprint density at radius 2 is 2.43 bits per heavy atom. The van der Waals surface area contributed by atoms with E-state index in [1.54, 1.807) is 0 Å². The Morgan fingerprint density at radius 1 is 1.71 bits per heavy atom. The van der Waals surface area contributed by atoms with Crippen LogP contribution in [0.4, 0.5) is 0 Å². The van der Waals surface area contributed by atoms with E-state index in [1.807, 2.05) is 18.7 Å². The smallest absolute Gasteiger partial charge is 0.240 e. The van der Waals surface area contributed by atoms with E-state index < -0.39 is 0 Å². The third-order valence-electron chi connectivity index (χ3n) is 2.65. The molecule has 1 aliphatic rings. The summed E-state index contributed by atoms with van der Waals surface area (Å²) < 4.78 is 0. The van der Waals surface area contributed by atoms with Gasteiger partial charge in [0.1, 0.15) is 0 Å². The topological polar surface area (TPSA) is 32.3 Å². The molecule has 3 heteroatoms. The predicted molar refractivity (Wildman–Crippen MR) is 56.7 cm³/mol. The van der Waals surface area contributed by atoms with Crippen LogP contribution in [-0.2, 0) is 4.79 Å². The molecular formula is C11H18N2O. The van der Waals surface area contributed by atoms with Crippen molar-refractivity contribution in [2.24, 2.45) is 0 Å². The first kappa shape index (κ1) is 11.1. The molecule has 3 nitrogen and oxygen atoms in total. The van der Waals surface area contributed by atoms with Gasteiger partial charge in [-0.05, 0) is 19.4 Å². The van der Waals surface area contributed by atoms with Crippen LogP contribution < -0.4 is 5.32 Å². The number of amides is 1. The largest absolute Gasteiger partial charge is 0.327 e. The summed E-state index contributed by atoms with van der Waals surface area (Å²) in [4.78, 5) is 13.6. The van der Waals surface area contributed by atoms with Gasteiger partial charge < -0.3 is 10.2 Å². The highest BCUT2D eigenvalue weighted by Crippen LogP contribution is 2.15. The van der Waals surface area contributed by atoms with Crippen LogP contribution >= 0.6 is 0 Å². The average molecular weight is 194 g/mol. The molecule has 1 aliphatic heterocycles. The number of nitrogens with zero attached hydrogens (tertiary/aromatic N) is 1. The minimum Gasteiger partial charge on any atom is -0.327 e. The normalized spacial score (nSPS) is 23.6. The van der Waals surface area contributed by atoms with Gasteiger partial charge in [-0.3, -0.25) is 4.79 Å². The fourth-order valence-electron chi connectivity index (χ4n) is 1.88. The molecule has 14 heavy (non-hydrogen) atoms. The van der Waals surface area contributed by atoms with E-state index in [-0.39, 0.29) is 18.0 Å². The fraction of sp³-hybridized carbons (Fsp3) is 0.727. The first-order chi connectivity index (χ1) is 6.74. The second-order valence-electron chi connectivity index (χ2n) is 3.52. The number of terminal acetylenes is 1. The predicted octanol–water partition coefficient (Wildman–Crippen LogP) is 0.609. The molecule has 1 heterocycles. The van der Waals surface area contributed by atoms with E-state index in [0.717, 1.165) is 25.9 Å². The molecule has 0 aromatic heterocycles. The zero-order chi connectivity index (χ0) is 10.6. The van der Waals surface area contributed by atoms with Crippen molar-refractivity contribution in [1.29, 1.82) is 0 Å². The second-order valence-corrected chi connectivity index (χ2v) is 3.52. The number of hydrogen-bond donors (Lipinski definition) is 1. The maximum atomic E-state index is 11.8. The Balaban J connectivity index is 2.59. The Hall–Kier alpha value is -1.01. The number of rotatable bonds is 4. The summed E-state index contributed by atoms with van der Waals surface area (Å²) in [6.07, 6.45) is 7.09. The van der Waals surface area contributed by atoms with Gasteiger partial charge in [-0.1, -0.05) is 19.8 Å². The molecule has 2 unspecified atom stereocenters. The molecule has 0 bridgehead atoms. The molecule has 1 saturated heterocycles. The first-order valence-corrected chi connectivity index (χ1v) is 5.24. The van der Waals surface area contributed by atoms with Gasteiger partial charge >= 0.3 is 0 Å². The molecule has 0 spiro atoms.